The second kappa shape index (κ2) is 11.8. The highest BCUT2D eigenvalue weighted by Gasteiger charge is 2.51. The summed E-state index contributed by atoms with van der Waals surface area (Å²) in [7, 11) is 4.69. The highest BCUT2D eigenvalue weighted by molar-refractivity contribution is 6.36. The van der Waals surface area contributed by atoms with Crippen molar-refractivity contribution in [3.63, 3.8) is 0 Å². The van der Waals surface area contributed by atoms with Gasteiger partial charge in [-0.15, -0.1) is 0 Å². The molecule has 2 fully saturated rings. The minimum Gasteiger partial charge on any atom is -0.481 e. The number of benzene rings is 2. The van der Waals surface area contributed by atoms with Crippen molar-refractivity contribution in [2.24, 2.45) is 14.1 Å². The Balaban J connectivity index is 1.13. The average Bonchev–Trinajstić information content (AvgIpc) is 3.70. The summed E-state index contributed by atoms with van der Waals surface area (Å²) in [6.45, 7) is 5.40. The average molecular weight is 693 g/mol. The van der Waals surface area contributed by atoms with Crippen LogP contribution in [-0.2, 0) is 25.3 Å². The minimum absolute atomic E-state index is 0.0855. The maximum atomic E-state index is 13.2. The van der Waals surface area contributed by atoms with Crippen molar-refractivity contribution in [2.75, 3.05) is 25.5 Å². The first kappa shape index (κ1) is 32.2. The molecular formula is C37H37ClN8O4. The summed E-state index contributed by atoms with van der Waals surface area (Å²) >= 11 is 7.23. The zero-order chi connectivity index (χ0) is 35.1. The van der Waals surface area contributed by atoms with Crippen molar-refractivity contribution >= 4 is 40.0 Å². The maximum Gasteiger partial charge on any atom is 0.332 e. The van der Waals surface area contributed by atoms with E-state index in [0.29, 0.717) is 29.0 Å². The highest BCUT2D eigenvalue weighted by Crippen LogP contribution is 2.47. The lowest BCUT2D eigenvalue weighted by Crippen LogP contribution is -2.67. The van der Waals surface area contributed by atoms with E-state index in [2.05, 4.69) is 31.6 Å². The van der Waals surface area contributed by atoms with Crippen LogP contribution < -0.4 is 26.6 Å². The number of pyridine rings is 1. The Hall–Kier alpha value is -5.07. The van der Waals surface area contributed by atoms with E-state index in [1.807, 2.05) is 43.3 Å². The molecule has 3 aromatic heterocycles. The fourth-order valence-corrected chi connectivity index (χ4v) is 8.31. The normalized spacial score (nSPS) is 18.0. The summed E-state index contributed by atoms with van der Waals surface area (Å²) < 4.78 is 8.31. The molecule has 50 heavy (non-hydrogen) atoms. The number of hydrogen-bond donors (Lipinski definition) is 2. The number of ether oxygens (including phenoxy) is 1. The predicted molar refractivity (Wildman–Crippen MR) is 192 cm³/mol. The molecule has 2 N–H and O–H groups in total. The van der Waals surface area contributed by atoms with Crippen LogP contribution in [0.2, 0.25) is 5.02 Å². The summed E-state index contributed by atoms with van der Waals surface area (Å²) in [6.07, 6.45) is 3.37. The molecule has 0 saturated carbocycles. The first-order chi connectivity index (χ1) is 24.0. The lowest BCUT2D eigenvalue weighted by molar-refractivity contribution is -0.121. The number of anilines is 2. The Kier molecular flexibility index (Phi) is 7.57. The molecule has 0 bridgehead atoms. The molecule has 0 unspecified atom stereocenters. The first-order valence-electron chi connectivity index (χ1n) is 16.7. The third kappa shape index (κ3) is 4.99. The van der Waals surface area contributed by atoms with Crippen molar-refractivity contribution < 1.29 is 9.53 Å². The van der Waals surface area contributed by atoms with Crippen molar-refractivity contribution in [1.82, 2.24) is 34.3 Å². The number of carbonyl (C=O) groups excluding carboxylic acids is 1. The molecule has 2 saturated heterocycles. The van der Waals surface area contributed by atoms with Gasteiger partial charge >= 0.3 is 5.69 Å². The number of likely N-dealkylation sites (tertiary alicyclic amines) is 1. The van der Waals surface area contributed by atoms with E-state index >= 15 is 0 Å². The number of aromatic nitrogens is 5. The van der Waals surface area contributed by atoms with Crippen LogP contribution in [0.3, 0.4) is 0 Å². The Labute approximate surface area is 293 Å². The lowest BCUT2D eigenvalue weighted by Gasteiger charge is -2.50. The number of carbonyl (C=O) groups is 1. The fourth-order valence-electron chi connectivity index (χ4n) is 7.99. The monoisotopic (exact) mass is 692 g/mol. The fraction of sp³-hybridized carbons (Fsp3) is 0.351. The van der Waals surface area contributed by atoms with Gasteiger partial charge in [-0.05, 0) is 61.9 Å². The number of aryl methyl sites for hydroxylation is 3. The first-order valence-corrected chi connectivity index (χ1v) is 17.1. The minimum atomic E-state index is -0.477. The number of nitrogens with one attached hydrogen (secondary N) is 2. The van der Waals surface area contributed by atoms with Gasteiger partial charge < -0.3 is 15.4 Å². The number of hydrogen-bond acceptors (Lipinski definition) is 9. The van der Waals surface area contributed by atoms with Crippen LogP contribution in [0, 0.1) is 13.8 Å². The van der Waals surface area contributed by atoms with Crippen LogP contribution in [-0.4, -0.2) is 60.6 Å². The van der Waals surface area contributed by atoms with Crippen molar-refractivity contribution in [3.8, 4) is 28.3 Å². The zero-order valence-electron chi connectivity index (χ0n) is 28.6. The van der Waals surface area contributed by atoms with E-state index in [1.165, 1.54) is 17.2 Å². The summed E-state index contributed by atoms with van der Waals surface area (Å²) in [4.78, 5) is 54.1. The van der Waals surface area contributed by atoms with Crippen LogP contribution in [0.15, 0.2) is 52.1 Å². The molecule has 1 spiro atoms. The molecule has 256 valence electrons. The van der Waals surface area contributed by atoms with Crippen LogP contribution in [0.4, 0.5) is 11.5 Å². The summed E-state index contributed by atoms with van der Waals surface area (Å²) in [5, 5.41) is 7.33. The smallest absolute Gasteiger partial charge is 0.332 e. The third-order valence-corrected chi connectivity index (χ3v) is 11.0. The SMILES string of the molecule is COc1nc(-c2cccc(-c3cccc(Nc4nc(C)nc5c4c(=O)n(C)c(=O)n5C)c3C)c2Cl)cc2c1[C@H](N1CC3(CCC(=O)N3)C1)CC2. The number of fused-ring (bicyclic) bond motifs is 2. The van der Waals surface area contributed by atoms with Crippen LogP contribution in [0.25, 0.3) is 33.4 Å². The molecule has 1 aliphatic carbocycles. The van der Waals surface area contributed by atoms with E-state index in [4.69, 9.17) is 21.3 Å². The summed E-state index contributed by atoms with van der Waals surface area (Å²) in [5.74, 6) is 1.50. The van der Waals surface area contributed by atoms with Crippen LogP contribution in [0.1, 0.15) is 47.8 Å². The molecule has 5 heterocycles. The van der Waals surface area contributed by atoms with Crippen molar-refractivity contribution in [1.29, 1.82) is 0 Å². The molecule has 12 nitrogen and oxygen atoms in total. The van der Waals surface area contributed by atoms with E-state index in [-0.39, 0.29) is 28.5 Å². The molecule has 0 radical (unpaired) electrons. The van der Waals surface area contributed by atoms with Gasteiger partial charge in [0.1, 0.15) is 17.0 Å². The van der Waals surface area contributed by atoms with Gasteiger partial charge in [-0.1, -0.05) is 41.9 Å². The maximum absolute atomic E-state index is 13.2. The molecule has 1 atom stereocenters. The van der Waals surface area contributed by atoms with Gasteiger partial charge in [0.15, 0.2) is 5.65 Å². The number of methoxy groups -OCH3 is 1. The van der Waals surface area contributed by atoms with Gasteiger partial charge in [-0.2, -0.15) is 0 Å². The van der Waals surface area contributed by atoms with Crippen LogP contribution in [0.5, 0.6) is 5.88 Å². The zero-order valence-corrected chi connectivity index (χ0v) is 29.3. The number of amides is 1. The molecule has 8 rings (SSSR count). The Morgan fingerprint density at radius 1 is 0.960 bits per heavy atom. The predicted octanol–water partition coefficient (Wildman–Crippen LogP) is 4.73. The van der Waals surface area contributed by atoms with Crippen LogP contribution >= 0.6 is 11.6 Å². The Morgan fingerprint density at radius 2 is 1.70 bits per heavy atom. The number of halogens is 1. The molecule has 5 aromatic rings. The van der Waals surface area contributed by atoms with Gasteiger partial charge in [-0.25, -0.2) is 19.7 Å². The molecule has 1 amide bonds. The van der Waals surface area contributed by atoms with Crippen molar-refractivity contribution in [2.45, 2.75) is 51.1 Å². The number of rotatable bonds is 6. The van der Waals surface area contributed by atoms with E-state index in [9.17, 15) is 14.4 Å². The lowest BCUT2D eigenvalue weighted by atomic mass is 9.86. The molecular weight excluding hydrogens is 656 g/mol. The van der Waals surface area contributed by atoms with E-state index in [1.54, 1.807) is 21.1 Å². The van der Waals surface area contributed by atoms with Gasteiger partial charge in [-0.3, -0.25) is 23.6 Å². The molecule has 3 aliphatic rings. The standard InChI is InChI=1S/C37H37ClN8O4/c1-19-22(8-7-11-25(19)41-32-30-33(40-20(2)39-32)44(3)36(49)45(4)35(30)48)23-9-6-10-24(31(23)38)26-16-21-12-13-27(29(21)34(42-26)50-5)46-17-37(18-46)15-14-28(47)43-37/h6-11,16,27H,12-15,17-18H2,1-5H3,(H,43,47)(H,39,40,41)/t27-/m1/s1. The Morgan fingerprint density at radius 3 is 2.44 bits per heavy atom. The summed E-state index contributed by atoms with van der Waals surface area (Å²) in [5.41, 5.74) is 6.46. The number of nitrogens with zero attached hydrogens (tertiary/aromatic N) is 6. The largest absolute Gasteiger partial charge is 0.481 e. The second-order valence-corrected chi connectivity index (χ2v) is 14.0. The van der Waals surface area contributed by atoms with Gasteiger partial charge in [0.05, 0.1) is 23.4 Å². The topological polar surface area (TPSA) is 136 Å². The Bertz CT molecular complexity index is 2380. The van der Waals surface area contributed by atoms with E-state index < -0.39 is 11.2 Å². The van der Waals surface area contributed by atoms with Gasteiger partial charge in [0.2, 0.25) is 11.8 Å². The molecule has 2 aliphatic heterocycles. The summed E-state index contributed by atoms with van der Waals surface area (Å²) in [6, 6.07) is 14.1. The van der Waals surface area contributed by atoms with Gasteiger partial charge in [0, 0.05) is 62.0 Å². The third-order valence-electron chi connectivity index (χ3n) is 10.6. The molecule has 2 aromatic carbocycles. The highest BCUT2D eigenvalue weighted by atomic mass is 35.5. The molecule has 13 heteroatoms. The van der Waals surface area contributed by atoms with Crippen molar-refractivity contribution in [3.05, 3.63) is 90.8 Å². The quantitative estimate of drug-likeness (QED) is 0.259. The second-order valence-electron chi connectivity index (χ2n) is 13.7. The van der Waals surface area contributed by atoms with Gasteiger partial charge in [0.25, 0.3) is 5.56 Å². The van der Waals surface area contributed by atoms with E-state index in [0.717, 1.165) is 76.1 Å².